The third-order valence-corrected chi connectivity index (χ3v) is 5.82. The molecule has 0 saturated carbocycles. The van der Waals surface area contributed by atoms with Gasteiger partial charge in [-0.25, -0.2) is 0 Å². The van der Waals surface area contributed by atoms with Crippen LogP contribution in [0.2, 0.25) is 0 Å². The van der Waals surface area contributed by atoms with Crippen LogP contribution in [0.15, 0.2) is 48.8 Å². The van der Waals surface area contributed by atoms with Crippen LogP contribution in [0.4, 0.5) is 0 Å². The largest absolute Gasteiger partial charge is 0.481 e. The number of rotatable bonds is 4. The van der Waals surface area contributed by atoms with Gasteiger partial charge < -0.3 is 10.0 Å². The Hall–Kier alpha value is -2.46. The normalized spacial score (nSPS) is 21.3. The van der Waals surface area contributed by atoms with E-state index in [1.54, 1.807) is 0 Å². The first kappa shape index (κ1) is 17.9. The Morgan fingerprint density at radius 2 is 2.00 bits per heavy atom. The van der Waals surface area contributed by atoms with Gasteiger partial charge in [-0.05, 0) is 67.0 Å². The molecule has 2 aromatic rings. The molecule has 1 fully saturated rings. The van der Waals surface area contributed by atoms with Crippen LogP contribution in [0, 0.1) is 5.92 Å². The summed E-state index contributed by atoms with van der Waals surface area (Å²) in [6.07, 6.45) is 11.0. The first-order chi connectivity index (χ1) is 13.2. The smallest absolute Gasteiger partial charge is 0.307 e. The lowest BCUT2D eigenvalue weighted by Gasteiger charge is -2.30. The topological polar surface area (TPSA) is 53.4 Å². The van der Waals surface area contributed by atoms with Crippen molar-refractivity contribution < 1.29 is 9.90 Å². The second-order valence-corrected chi connectivity index (χ2v) is 7.57. The zero-order valence-electron chi connectivity index (χ0n) is 15.6. The lowest BCUT2D eigenvalue weighted by atomic mass is 9.94. The maximum atomic E-state index is 11.3. The average molecular weight is 362 g/mol. The highest BCUT2D eigenvalue weighted by Crippen LogP contribution is 2.33. The lowest BCUT2D eigenvalue weighted by molar-refractivity contribution is -0.143. The number of nitrogens with zero attached hydrogens (tertiary/aromatic N) is 2. The maximum Gasteiger partial charge on any atom is 0.307 e. The Morgan fingerprint density at radius 1 is 1.19 bits per heavy atom. The first-order valence-electron chi connectivity index (χ1n) is 9.89. The molecular formula is C23H26N2O2. The number of fused-ring (bicyclic) bond motifs is 2. The summed E-state index contributed by atoms with van der Waals surface area (Å²) in [5.41, 5.74) is 6.58. The van der Waals surface area contributed by atoms with Gasteiger partial charge >= 0.3 is 5.97 Å². The summed E-state index contributed by atoms with van der Waals surface area (Å²) in [6.45, 7) is 2.58. The van der Waals surface area contributed by atoms with Gasteiger partial charge in [0.15, 0.2) is 0 Å². The molecule has 140 valence electrons. The van der Waals surface area contributed by atoms with E-state index >= 15 is 0 Å². The molecule has 27 heavy (non-hydrogen) atoms. The SMILES string of the molecule is O=C(O)C1CCCN(CCC=C2c3ccccc3CCc3ccncc32)C1. The zero-order valence-corrected chi connectivity index (χ0v) is 15.6. The number of carboxylic acid groups (broad SMARTS) is 1. The molecule has 1 aromatic carbocycles. The van der Waals surface area contributed by atoms with Crippen molar-refractivity contribution in [3.8, 4) is 0 Å². The van der Waals surface area contributed by atoms with Gasteiger partial charge in [-0.1, -0.05) is 30.3 Å². The van der Waals surface area contributed by atoms with Crippen LogP contribution < -0.4 is 0 Å². The van der Waals surface area contributed by atoms with Crippen molar-refractivity contribution in [1.82, 2.24) is 9.88 Å². The third kappa shape index (κ3) is 3.96. The molecule has 2 heterocycles. The van der Waals surface area contributed by atoms with Gasteiger partial charge in [-0.15, -0.1) is 0 Å². The predicted octanol–water partition coefficient (Wildman–Crippen LogP) is 3.80. The molecule has 2 aliphatic rings. The number of aliphatic carboxylic acids is 1. The molecular weight excluding hydrogens is 336 g/mol. The van der Waals surface area contributed by atoms with Crippen LogP contribution >= 0.6 is 0 Å². The Balaban J connectivity index is 1.56. The van der Waals surface area contributed by atoms with Crippen LogP contribution in [-0.2, 0) is 17.6 Å². The summed E-state index contributed by atoms with van der Waals surface area (Å²) in [5.74, 6) is -0.870. The van der Waals surface area contributed by atoms with Crippen molar-refractivity contribution in [2.24, 2.45) is 5.92 Å². The Bertz CT molecular complexity index is 809. The number of pyridine rings is 1. The summed E-state index contributed by atoms with van der Waals surface area (Å²) in [6, 6.07) is 10.8. The number of hydrogen-bond acceptors (Lipinski definition) is 3. The first-order valence-corrected chi connectivity index (χ1v) is 9.89. The molecule has 4 heteroatoms. The molecule has 1 saturated heterocycles. The molecule has 1 unspecified atom stereocenters. The van der Waals surface area contributed by atoms with E-state index in [1.807, 2.05) is 12.4 Å². The van der Waals surface area contributed by atoms with Gasteiger partial charge in [0.05, 0.1) is 5.92 Å². The Morgan fingerprint density at radius 3 is 2.85 bits per heavy atom. The lowest BCUT2D eigenvalue weighted by Crippen LogP contribution is -2.39. The van der Waals surface area contributed by atoms with E-state index in [0.29, 0.717) is 6.54 Å². The monoisotopic (exact) mass is 362 g/mol. The van der Waals surface area contributed by atoms with Crippen molar-refractivity contribution in [3.63, 3.8) is 0 Å². The zero-order chi connectivity index (χ0) is 18.6. The van der Waals surface area contributed by atoms with Gasteiger partial charge in [-0.2, -0.15) is 0 Å². The third-order valence-electron chi connectivity index (χ3n) is 5.82. The number of hydrogen-bond donors (Lipinski definition) is 1. The number of aryl methyl sites for hydroxylation is 2. The standard InChI is InChI=1S/C23H26N2O2/c26-23(27)19-6-3-13-25(16-19)14-4-8-21-20-7-2-1-5-17(20)9-10-18-11-12-24-15-22(18)21/h1-2,5,7-8,11-12,15,19H,3-4,6,9-10,13-14,16H2,(H,26,27). The molecule has 0 bridgehead atoms. The van der Waals surface area contributed by atoms with Crippen molar-refractivity contribution >= 4 is 11.5 Å². The summed E-state index contributed by atoms with van der Waals surface area (Å²) in [5, 5.41) is 9.29. The highest BCUT2D eigenvalue weighted by Gasteiger charge is 2.25. The molecule has 4 rings (SSSR count). The molecule has 0 spiro atoms. The number of benzene rings is 1. The minimum atomic E-state index is -0.657. The van der Waals surface area contributed by atoms with Crippen molar-refractivity contribution in [2.75, 3.05) is 19.6 Å². The van der Waals surface area contributed by atoms with E-state index in [2.05, 4.69) is 46.3 Å². The van der Waals surface area contributed by atoms with E-state index in [9.17, 15) is 9.90 Å². The van der Waals surface area contributed by atoms with E-state index in [0.717, 1.165) is 45.2 Å². The molecule has 1 atom stereocenters. The maximum absolute atomic E-state index is 11.3. The van der Waals surface area contributed by atoms with Crippen molar-refractivity contribution in [3.05, 3.63) is 71.1 Å². The predicted molar refractivity (Wildman–Crippen MR) is 107 cm³/mol. The van der Waals surface area contributed by atoms with E-state index in [-0.39, 0.29) is 5.92 Å². The summed E-state index contributed by atoms with van der Waals surface area (Å²) in [7, 11) is 0. The van der Waals surface area contributed by atoms with Crippen LogP contribution in [0.25, 0.3) is 5.57 Å². The molecule has 1 aromatic heterocycles. The molecule has 1 N–H and O–H groups in total. The van der Waals surface area contributed by atoms with Gasteiger partial charge in [0.1, 0.15) is 0 Å². The fourth-order valence-electron chi connectivity index (χ4n) is 4.37. The fourth-order valence-corrected chi connectivity index (χ4v) is 4.37. The molecule has 0 amide bonds. The average Bonchev–Trinajstić information content (AvgIpc) is 2.86. The van der Waals surface area contributed by atoms with Gasteiger partial charge in [0, 0.05) is 31.0 Å². The van der Waals surface area contributed by atoms with Crippen LogP contribution in [0.3, 0.4) is 0 Å². The Labute approximate surface area is 160 Å². The number of piperidine rings is 1. The molecule has 1 aliphatic heterocycles. The summed E-state index contributed by atoms with van der Waals surface area (Å²) < 4.78 is 0. The van der Waals surface area contributed by atoms with E-state index in [4.69, 9.17) is 0 Å². The van der Waals surface area contributed by atoms with Crippen molar-refractivity contribution in [1.29, 1.82) is 0 Å². The van der Waals surface area contributed by atoms with E-state index in [1.165, 1.54) is 27.8 Å². The van der Waals surface area contributed by atoms with Crippen LogP contribution in [0.1, 0.15) is 41.5 Å². The highest BCUT2D eigenvalue weighted by molar-refractivity contribution is 5.83. The Kier molecular flexibility index (Phi) is 5.35. The number of carboxylic acids is 1. The minimum Gasteiger partial charge on any atom is -0.481 e. The number of aromatic nitrogens is 1. The summed E-state index contributed by atoms with van der Waals surface area (Å²) >= 11 is 0. The quantitative estimate of drug-likeness (QED) is 0.899. The van der Waals surface area contributed by atoms with E-state index < -0.39 is 5.97 Å². The van der Waals surface area contributed by atoms with Gasteiger partial charge in [0.2, 0.25) is 0 Å². The molecule has 1 aliphatic carbocycles. The number of carbonyl (C=O) groups is 1. The van der Waals surface area contributed by atoms with Gasteiger partial charge in [0.25, 0.3) is 0 Å². The fraction of sp³-hybridized carbons (Fsp3) is 0.391. The van der Waals surface area contributed by atoms with Crippen molar-refractivity contribution in [2.45, 2.75) is 32.1 Å². The van der Waals surface area contributed by atoms with Crippen LogP contribution in [0.5, 0.6) is 0 Å². The second-order valence-electron chi connectivity index (χ2n) is 7.57. The number of likely N-dealkylation sites (tertiary alicyclic amines) is 1. The van der Waals surface area contributed by atoms with Gasteiger partial charge in [-0.3, -0.25) is 9.78 Å². The molecule has 4 nitrogen and oxygen atoms in total. The summed E-state index contributed by atoms with van der Waals surface area (Å²) in [4.78, 5) is 18.0. The molecule has 0 radical (unpaired) electrons. The second kappa shape index (κ2) is 8.05. The van der Waals surface area contributed by atoms with Crippen LogP contribution in [-0.4, -0.2) is 40.6 Å². The minimum absolute atomic E-state index is 0.213. The highest BCUT2D eigenvalue weighted by atomic mass is 16.4.